The Labute approximate surface area is 267 Å². The van der Waals surface area contributed by atoms with Crippen molar-refractivity contribution in [3.63, 3.8) is 0 Å². The van der Waals surface area contributed by atoms with Gasteiger partial charge >= 0.3 is 5.97 Å². The molecule has 2 saturated carbocycles. The fraction of sp³-hybridized carbons (Fsp3) is 0.371. The van der Waals surface area contributed by atoms with Crippen LogP contribution in [0.1, 0.15) is 77.3 Å². The second-order valence-electron chi connectivity index (χ2n) is 12.2. The van der Waals surface area contributed by atoms with Crippen LogP contribution in [-0.2, 0) is 10.2 Å². The zero-order valence-corrected chi connectivity index (χ0v) is 26.3. The molecule has 0 bridgehead atoms. The van der Waals surface area contributed by atoms with Crippen molar-refractivity contribution < 1.29 is 29.0 Å². The molecular formula is C35H36ClN3O6. The van der Waals surface area contributed by atoms with E-state index in [0.717, 1.165) is 12.8 Å². The normalized spacial score (nSPS) is 19.9. The number of benzene rings is 3. The number of nitrogens with one attached hydrogen (secondary N) is 1. The van der Waals surface area contributed by atoms with Crippen LogP contribution >= 0.6 is 11.6 Å². The molecule has 2 amide bonds. The van der Waals surface area contributed by atoms with E-state index in [1.54, 1.807) is 32.2 Å². The van der Waals surface area contributed by atoms with E-state index in [9.17, 15) is 24.8 Å². The number of carboxylic acid groups (broad SMARTS) is 1. The van der Waals surface area contributed by atoms with Gasteiger partial charge < -0.3 is 24.8 Å². The van der Waals surface area contributed by atoms with Crippen LogP contribution in [0.5, 0.6) is 11.5 Å². The molecule has 2 N–H and O–H groups in total. The first-order valence-electron chi connectivity index (χ1n) is 14.9. The van der Waals surface area contributed by atoms with E-state index < -0.39 is 17.3 Å². The minimum atomic E-state index is -0.837. The van der Waals surface area contributed by atoms with Gasteiger partial charge in [0.05, 0.1) is 41.0 Å². The van der Waals surface area contributed by atoms with Crippen molar-refractivity contribution in [3.05, 3.63) is 87.9 Å². The lowest BCUT2D eigenvalue weighted by molar-refractivity contribution is -0.150. The molecule has 0 atom stereocenters. The highest BCUT2D eigenvalue weighted by Crippen LogP contribution is 2.47. The molecule has 45 heavy (non-hydrogen) atoms. The molecular weight excluding hydrogens is 594 g/mol. The van der Waals surface area contributed by atoms with Crippen molar-refractivity contribution in [2.45, 2.75) is 57.0 Å². The maximum Gasteiger partial charge on any atom is 0.309 e. The average molecular weight is 630 g/mol. The lowest BCUT2D eigenvalue weighted by Crippen LogP contribution is -2.36. The van der Waals surface area contributed by atoms with Crippen LogP contribution in [0.3, 0.4) is 0 Å². The van der Waals surface area contributed by atoms with E-state index in [1.165, 1.54) is 29.7 Å². The topological polar surface area (TPSA) is 129 Å². The fourth-order valence-electron chi connectivity index (χ4n) is 5.94. The summed E-state index contributed by atoms with van der Waals surface area (Å²) >= 11 is 6.34. The molecule has 234 valence electrons. The lowest BCUT2D eigenvalue weighted by Gasteiger charge is -2.34. The maximum absolute atomic E-state index is 14.0. The van der Waals surface area contributed by atoms with Gasteiger partial charge in [-0.05, 0) is 75.3 Å². The second-order valence-corrected chi connectivity index (χ2v) is 12.6. The number of carbonyl (C=O) groups is 3. The van der Waals surface area contributed by atoms with Gasteiger partial charge in [-0.1, -0.05) is 41.9 Å². The number of methoxy groups -OCH3 is 1. The molecule has 0 saturated heterocycles. The number of amides is 2. The monoisotopic (exact) mass is 629 g/mol. The molecule has 2 aliphatic rings. The van der Waals surface area contributed by atoms with Crippen LogP contribution in [0.15, 0.2) is 60.7 Å². The Kier molecular flexibility index (Phi) is 9.08. The van der Waals surface area contributed by atoms with Crippen molar-refractivity contribution in [1.82, 2.24) is 5.32 Å². The van der Waals surface area contributed by atoms with Gasteiger partial charge in [0.1, 0.15) is 17.6 Å². The summed E-state index contributed by atoms with van der Waals surface area (Å²) in [5.74, 6) is -1.29. The third-order valence-electron chi connectivity index (χ3n) is 9.20. The van der Waals surface area contributed by atoms with Crippen molar-refractivity contribution in [1.29, 1.82) is 5.26 Å². The minimum absolute atomic E-state index is 0.0952. The Morgan fingerprint density at radius 3 is 2.31 bits per heavy atom. The van der Waals surface area contributed by atoms with E-state index in [2.05, 4.69) is 23.5 Å². The Hall–Kier alpha value is -4.55. The van der Waals surface area contributed by atoms with Crippen molar-refractivity contribution in [3.8, 4) is 17.6 Å². The van der Waals surface area contributed by atoms with Crippen LogP contribution in [0, 0.1) is 16.7 Å². The molecule has 2 fully saturated rings. The van der Waals surface area contributed by atoms with Crippen LogP contribution in [0.4, 0.5) is 5.69 Å². The quantitative estimate of drug-likeness (QED) is 0.267. The van der Waals surface area contributed by atoms with Crippen molar-refractivity contribution in [2.75, 3.05) is 25.6 Å². The first kappa shape index (κ1) is 31.9. The van der Waals surface area contributed by atoms with E-state index in [1.807, 2.05) is 18.2 Å². The van der Waals surface area contributed by atoms with Crippen LogP contribution in [0.25, 0.3) is 0 Å². The molecule has 0 aliphatic heterocycles. The van der Waals surface area contributed by atoms with Crippen LogP contribution < -0.4 is 19.7 Å². The predicted molar refractivity (Wildman–Crippen MR) is 170 cm³/mol. The van der Waals surface area contributed by atoms with E-state index in [4.69, 9.17) is 21.1 Å². The largest absolute Gasteiger partial charge is 0.496 e. The maximum atomic E-state index is 14.0. The lowest BCUT2D eigenvalue weighted by atomic mass is 9.75. The summed E-state index contributed by atoms with van der Waals surface area (Å²) in [5.41, 5.74) is 1.19. The number of anilines is 1. The Morgan fingerprint density at radius 2 is 1.71 bits per heavy atom. The summed E-state index contributed by atoms with van der Waals surface area (Å²) in [4.78, 5) is 40.5. The molecule has 10 heteroatoms. The second kappa shape index (κ2) is 12.8. The third-order valence-corrected chi connectivity index (χ3v) is 9.43. The van der Waals surface area contributed by atoms with Gasteiger partial charge in [0.25, 0.3) is 11.8 Å². The minimum Gasteiger partial charge on any atom is -0.496 e. The number of carboxylic acids is 1. The van der Waals surface area contributed by atoms with Gasteiger partial charge in [-0.15, -0.1) is 0 Å². The van der Waals surface area contributed by atoms with Gasteiger partial charge in [0.2, 0.25) is 0 Å². The Bertz CT molecular complexity index is 1660. The number of hydrogen-bond donors (Lipinski definition) is 2. The average Bonchev–Trinajstić information content (AvgIpc) is 3.85. The van der Waals surface area contributed by atoms with Crippen molar-refractivity contribution >= 4 is 35.1 Å². The SMILES string of the molecule is COc1cc(C#N)c(O[C@H]2CC[C@@](C)(C(=O)O)CC2)cc1C(=O)N(C)c1cc(Cl)ccc1C(=O)NCC1(c2ccccc2)CC1. The van der Waals surface area contributed by atoms with Gasteiger partial charge in [-0.2, -0.15) is 5.26 Å². The standard InChI is InChI=1S/C35H36ClN3O6/c1-34(33(42)43)13-11-25(12-14-34)45-29-19-27(30(44-3)17-22(29)20-37)32(41)39(2)28-18-24(36)9-10-26(28)31(40)38-21-35(15-16-35)23-7-5-4-6-8-23/h4-10,17-19,25H,11-16,21H2,1-3H3,(H,38,40)(H,42,43)/t25-,34+. The number of aliphatic carboxylic acids is 1. The van der Waals surface area contributed by atoms with Gasteiger partial charge in [0.15, 0.2) is 0 Å². The molecule has 0 radical (unpaired) electrons. The van der Waals surface area contributed by atoms with Crippen LogP contribution in [0.2, 0.25) is 5.02 Å². The molecule has 2 aliphatic carbocycles. The molecule has 3 aromatic rings. The summed E-state index contributed by atoms with van der Waals surface area (Å²) in [7, 11) is 2.95. The fourth-order valence-corrected chi connectivity index (χ4v) is 6.11. The number of nitrogens with zero attached hydrogens (tertiary/aromatic N) is 2. The van der Waals surface area contributed by atoms with Gasteiger partial charge in [0, 0.05) is 30.1 Å². The molecule has 0 heterocycles. The number of halogens is 1. The van der Waals surface area contributed by atoms with E-state index in [-0.39, 0.29) is 45.6 Å². The summed E-state index contributed by atoms with van der Waals surface area (Å²) < 4.78 is 11.7. The highest BCUT2D eigenvalue weighted by Gasteiger charge is 2.44. The van der Waals surface area contributed by atoms with E-state index in [0.29, 0.717) is 42.9 Å². The van der Waals surface area contributed by atoms with Gasteiger partial charge in [-0.3, -0.25) is 14.4 Å². The van der Waals surface area contributed by atoms with Crippen molar-refractivity contribution in [2.24, 2.45) is 5.41 Å². The molecule has 0 unspecified atom stereocenters. The number of carbonyl (C=O) groups excluding carboxylic acids is 2. The molecule has 9 nitrogen and oxygen atoms in total. The number of ether oxygens (including phenoxy) is 2. The summed E-state index contributed by atoms with van der Waals surface area (Å²) in [5, 5.41) is 22.8. The summed E-state index contributed by atoms with van der Waals surface area (Å²) in [6, 6.07) is 19.9. The smallest absolute Gasteiger partial charge is 0.309 e. The van der Waals surface area contributed by atoms with Crippen LogP contribution in [-0.4, -0.2) is 49.7 Å². The Balaban J connectivity index is 1.38. The zero-order valence-electron chi connectivity index (χ0n) is 25.6. The Morgan fingerprint density at radius 1 is 1.02 bits per heavy atom. The first-order valence-corrected chi connectivity index (χ1v) is 15.3. The zero-order chi connectivity index (χ0) is 32.4. The summed E-state index contributed by atoms with van der Waals surface area (Å²) in [6.07, 6.45) is 3.51. The van der Waals surface area contributed by atoms with E-state index >= 15 is 0 Å². The molecule has 3 aromatic carbocycles. The highest BCUT2D eigenvalue weighted by molar-refractivity contribution is 6.31. The summed E-state index contributed by atoms with van der Waals surface area (Å²) in [6.45, 7) is 2.19. The number of hydrogen-bond acceptors (Lipinski definition) is 6. The molecule has 5 rings (SSSR count). The van der Waals surface area contributed by atoms with Gasteiger partial charge in [-0.25, -0.2) is 0 Å². The molecule has 0 spiro atoms. The highest BCUT2D eigenvalue weighted by atomic mass is 35.5. The number of rotatable bonds is 10. The molecule has 0 aromatic heterocycles. The number of nitriles is 1. The predicted octanol–water partition coefficient (Wildman–Crippen LogP) is 6.37. The third kappa shape index (κ3) is 6.62. The first-order chi connectivity index (χ1) is 21.5.